The molecule has 5 heterocycles. The average molecular weight is 455 g/mol. The van der Waals surface area contributed by atoms with Gasteiger partial charge in [0, 0.05) is 31.8 Å². The van der Waals surface area contributed by atoms with Gasteiger partial charge in [-0.15, -0.1) is 0 Å². The molecule has 0 bridgehead atoms. The van der Waals surface area contributed by atoms with Gasteiger partial charge in [-0.05, 0) is 37.5 Å². The number of hydrogen-bond acceptors (Lipinski definition) is 10. The fraction of sp³-hybridized carbons (Fsp3) is 0.455. The molecule has 2 saturated heterocycles. The first kappa shape index (κ1) is 21.0. The molecule has 3 aromatic heterocycles. The molecule has 5 rings (SSSR count). The van der Waals surface area contributed by atoms with Crippen LogP contribution in [0.25, 0.3) is 10.6 Å². The van der Waals surface area contributed by atoms with Crippen molar-refractivity contribution in [2.75, 3.05) is 30.0 Å². The van der Waals surface area contributed by atoms with E-state index in [1.165, 1.54) is 11.3 Å². The molecule has 0 aromatic carbocycles. The minimum atomic E-state index is -0.431. The Bertz CT molecular complexity index is 1020. The topological polar surface area (TPSA) is 106 Å². The van der Waals surface area contributed by atoms with Gasteiger partial charge in [-0.2, -0.15) is 4.98 Å². The highest BCUT2D eigenvalue weighted by molar-refractivity contribution is 7.18. The molecule has 0 aliphatic carbocycles. The van der Waals surface area contributed by atoms with Crippen LogP contribution in [0.1, 0.15) is 32.1 Å². The van der Waals surface area contributed by atoms with E-state index in [2.05, 4.69) is 25.3 Å². The largest absolute Gasteiger partial charge is 0.460 e. The summed E-state index contributed by atoms with van der Waals surface area (Å²) >= 11 is 1.49. The van der Waals surface area contributed by atoms with Crippen molar-refractivity contribution in [3.8, 4) is 16.6 Å². The van der Waals surface area contributed by atoms with E-state index in [4.69, 9.17) is 9.47 Å². The number of hydrogen-bond donors (Lipinski definition) is 2. The zero-order valence-corrected chi connectivity index (χ0v) is 18.5. The molecule has 3 aromatic rings. The van der Waals surface area contributed by atoms with E-state index in [1.54, 1.807) is 18.6 Å². The zero-order valence-electron chi connectivity index (χ0n) is 17.7. The fourth-order valence-corrected chi connectivity index (χ4v) is 4.68. The molecule has 32 heavy (non-hydrogen) atoms. The second kappa shape index (κ2) is 9.76. The third-order valence-corrected chi connectivity index (χ3v) is 6.55. The van der Waals surface area contributed by atoms with Crippen molar-refractivity contribution < 1.29 is 14.6 Å². The smallest absolute Gasteiger partial charge is 0.317 e. The molecule has 2 N–H and O–H groups in total. The first-order chi connectivity index (χ1) is 15.7. The van der Waals surface area contributed by atoms with Gasteiger partial charge < -0.3 is 24.8 Å². The molecule has 1 unspecified atom stereocenters. The Kier molecular flexibility index (Phi) is 6.42. The minimum absolute atomic E-state index is 0.0952. The number of thiazole rings is 1. The summed E-state index contributed by atoms with van der Waals surface area (Å²) in [5.74, 6) is 0.701. The summed E-state index contributed by atoms with van der Waals surface area (Å²) in [6.45, 7) is 2.27. The number of rotatable bonds is 6. The van der Waals surface area contributed by atoms with Gasteiger partial charge in [-0.1, -0.05) is 11.3 Å². The van der Waals surface area contributed by atoms with E-state index in [1.807, 2.05) is 23.1 Å². The summed E-state index contributed by atoms with van der Waals surface area (Å²) < 4.78 is 11.3. The quantitative estimate of drug-likeness (QED) is 0.578. The predicted octanol–water partition coefficient (Wildman–Crippen LogP) is 3.61. The predicted molar refractivity (Wildman–Crippen MR) is 122 cm³/mol. The van der Waals surface area contributed by atoms with Gasteiger partial charge in [-0.25, -0.2) is 15.0 Å². The van der Waals surface area contributed by atoms with Crippen molar-refractivity contribution in [1.29, 1.82) is 0 Å². The molecule has 0 saturated carbocycles. The lowest BCUT2D eigenvalue weighted by molar-refractivity contribution is 0.0217. The summed E-state index contributed by atoms with van der Waals surface area (Å²) in [4.78, 5) is 20.7. The molecule has 10 heteroatoms. The summed E-state index contributed by atoms with van der Waals surface area (Å²) in [6.07, 6.45) is 9.59. The number of nitrogens with one attached hydrogen (secondary N) is 1. The van der Waals surface area contributed by atoms with Crippen molar-refractivity contribution in [2.45, 2.75) is 44.4 Å². The maximum Gasteiger partial charge on any atom is 0.317 e. The minimum Gasteiger partial charge on any atom is -0.460 e. The van der Waals surface area contributed by atoms with E-state index in [0.717, 1.165) is 60.0 Å². The van der Waals surface area contributed by atoms with Gasteiger partial charge in [0.15, 0.2) is 5.13 Å². The van der Waals surface area contributed by atoms with Crippen molar-refractivity contribution in [3.05, 3.63) is 36.8 Å². The number of anilines is 3. The Morgan fingerprint density at radius 1 is 1.06 bits per heavy atom. The first-order valence-corrected chi connectivity index (χ1v) is 11.8. The van der Waals surface area contributed by atoms with E-state index in [0.29, 0.717) is 25.0 Å². The third-order valence-electron chi connectivity index (χ3n) is 5.62. The summed E-state index contributed by atoms with van der Waals surface area (Å²) in [5.41, 5.74) is 1.70. The number of aliphatic hydroxyl groups excluding tert-OH is 1. The van der Waals surface area contributed by atoms with Gasteiger partial charge in [-0.3, -0.25) is 0 Å². The standard InChI is InChI=1S/C22H26N6O3S/c29-20-3-1-2-10-28(20)15-4-5-19(24-13-15)27-22-25-14-18(32-22)17-6-9-23-21(26-17)31-16-7-11-30-12-8-16/h4-6,9,13-14,16,20,29H,1-3,7-8,10-12H2,(H,24,25,27). The molecule has 0 amide bonds. The Morgan fingerprint density at radius 2 is 1.97 bits per heavy atom. The van der Waals surface area contributed by atoms with Crippen molar-refractivity contribution in [3.63, 3.8) is 0 Å². The van der Waals surface area contributed by atoms with Crippen molar-refractivity contribution >= 4 is 28.0 Å². The Morgan fingerprint density at radius 3 is 2.78 bits per heavy atom. The maximum atomic E-state index is 10.2. The summed E-state index contributed by atoms with van der Waals surface area (Å²) in [7, 11) is 0. The number of ether oxygens (including phenoxy) is 2. The van der Waals surface area contributed by atoms with E-state index >= 15 is 0 Å². The van der Waals surface area contributed by atoms with E-state index < -0.39 is 6.23 Å². The number of aliphatic hydroxyl groups is 1. The summed E-state index contributed by atoms with van der Waals surface area (Å²) in [5, 5.41) is 14.2. The van der Waals surface area contributed by atoms with Crippen LogP contribution in [0.4, 0.5) is 16.6 Å². The molecule has 2 fully saturated rings. The zero-order chi connectivity index (χ0) is 21.8. The second-order valence-electron chi connectivity index (χ2n) is 7.88. The van der Waals surface area contributed by atoms with Crippen molar-refractivity contribution in [2.24, 2.45) is 0 Å². The van der Waals surface area contributed by atoms with Crippen LogP contribution in [0.5, 0.6) is 6.01 Å². The Hall–Kier alpha value is -2.82. The third kappa shape index (κ3) is 4.98. The lowest BCUT2D eigenvalue weighted by Gasteiger charge is -2.33. The molecule has 2 aliphatic heterocycles. The maximum absolute atomic E-state index is 10.2. The number of pyridine rings is 1. The first-order valence-electron chi connectivity index (χ1n) is 11.0. The van der Waals surface area contributed by atoms with E-state index in [9.17, 15) is 5.11 Å². The number of piperidine rings is 1. The molecule has 1 atom stereocenters. The molecule has 2 aliphatic rings. The molecular formula is C22H26N6O3S. The highest BCUT2D eigenvalue weighted by Gasteiger charge is 2.20. The number of nitrogens with zero attached hydrogens (tertiary/aromatic N) is 5. The van der Waals surface area contributed by atoms with Crippen LogP contribution >= 0.6 is 11.3 Å². The van der Waals surface area contributed by atoms with Gasteiger partial charge in [0.25, 0.3) is 0 Å². The molecule has 0 spiro atoms. The second-order valence-corrected chi connectivity index (χ2v) is 8.91. The molecular weight excluding hydrogens is 428 g/mol. The van der Waals surface area contributed by atoms with Gasteiger partial charge in [0.1, 0.15) is 18.1 Å². The van der Waals surface area contributed by atoms with Gasteiger partial charge >= 0.3 is 6.01 Å². The van der Waals surface area contributed by atoms with Crippen LogP contribution < -0.4 is 15.0 Å². The lowest BCUT2D eigenvalue weighted by atomic mass is 10.1. The van der Waals surface area contributed by atoms with Crippen LogP contribution in [0, 0.1) is 0 Å². The van der Waals surface area contributed by atoms with Crippen LogP contribution in [0.15, 0.2) is 36.8 Å². The fourth-order valence-electron chi connectivity index (χ4n) is 3.88. The summed E-state index contributed by atoms with van der Waals surface area (Å²) in [6, 6.07) is 6.12. The van der Waals surface area contributed by atoms with Crippen LogP contribution in [0.3, 0.4) is 0 Å². The monoisotopic (exact) mass is 454 g/mol. The van der Waals surface area contributed by atoms with Gasteiger partial charge in [0.2, 0.25) is 0 Å². The highest BCUT2D eigenvalue weighted by Crippen LogP contribution is 2.30. The average Bonchev–Trinajstić information content (AvgIpc) is 3.30. The SMILES string of the molecule is OC1CCCCN1c1ccc(Nc2ncc(-c3ccnc(OC4CCOCC4)n3)s2)nc1. The Labute approximate surface area is 190 Å². The van der Waals surface area contributed by atoms with Crippen LogP contribution in [-0.4, -0.2) is 57.1 Å². The molecule has 168 valence electrons. The van der Waals surface area contributed by atoms with E-state index in [-0.39, 0.29) is 6.10 Å². The van der Waals surface area contributed by atoms with Crippen LogP contribution in [0.2, 0.25) is 0 Å². The molecule has 9 nitrogen and oxygen atoms in total. The van der Waals surface area contributed by atoms with Crippen molar-refractivity contribution in [1.82, 2.24) is 19.9 Å². The normalized spacial score (nSPS) is 19.7. The van der Waals surface area contributed by atoms with Crippen LogP contribution in [-0.2, 0) is 4.74 Å². The highest BCUT2D eigenvalue weighted by atomic mass is 32.1. The molecule has 0 radical (unpaired) electrons. The lowest BCUT2D eigenvalue weighted by Crippen LogP contribution is -2.39. The van der Waals surface area contributed by atoms with Gasteiger partial charge in [0.05, 0.1) is 35.7 Å². The Balaban J connectivity index is 1.23. The number of aromatic nitrogens is 4.